The van der Waals surface area contributed by atoms with Crippen LogP contribution in [0.4, 0.5) is 0 Å². The molecule has 0 aliphatic carbocycles. The average molecular weight is 367 g/mol. The number of sulfonamides is 1. The van der Waals surface area contributed by atoms with E-state index in [0.29, 0.717) is 29.3 Å². The molecule has 25 heavy (non-hydrogen) atoms. The zero-order valence-electron chi connectivity index (χ0n) is 14.6. The van der Waals surface area contributed by atoms with Gasteiger partial charge in [-0.1, -0.05) is 19.0 Å². The van der Waals surface area contributed by atoms with Gasteiger partial charge in [0.2, 0.25) is 10.0 Å². The predicted molar refractivity (Wildman–Crippen MR) is 89.2 cm³/mol. The molecular formula is C16H21N3O5S. The van der Waals surface area contributed by atoms with E-state index < -0.39 is 16.0 Å². The van der Waals surface area contributed by atoms with Gasteiger partial charge in [-0.2, -0.15) is 4.98 Å². The first kappa shape index (κ1) is 19.1. The number of carbonyl (C=O) groups is 1. The lowest BCUT2D eigenvalue weighted by Crippen LogP contribution is -2.16. The fourth-order valence-corrected chi connectivity index (χ4v) is 3.13. The monoisotopic (exact) mass is 367 g/mol. The summed E-state index contributed by atoms with van der Waals surface area (Å²) in [7, 11) is -3.94. The van der Waals surface area contributed by atoms with Crippen LogP contribution in [-0.4, -0.2) is 24.5 Å². The van der Waals surface area contributed by atoms with Crippen molar-refractivity contribution in [2.45, 2.75) is 45.6 Å². The number of nitrogens with zero attached hydrogens (tertiary/aromatic N) is 2. The van der Waals surface area contributed by atoms with Crippen molar-refractivity contribution < 1.29 is 22.5 Å². The van der Waals surface area contributed by atoms with E-state index in [1.165, 1.54) is 6.07 Å². The third-order valence-electron chi connectivity index (χ3n) is 3.59. The van der Waals surface area contributed by atoms with E-state index in [1.54, 1.807) is 19.9 Å². The maximum absolute atomic E-state index is 12.2. The Morgan fingerprint density at radius 1 is 1.32 bits per heavy atom. The maximum Gasteiger partial charge on any atom is 0.338 e. The number of primary sulfonamides is 1. The maximum atomic E-state index is 12.2. The van der Waals surface area contributed by atoms with E-state index in [1.807, 2.05) is 13.8 Å². The van der Waals surface area contributed by atoms with Crippen LogP contribution in [0.5, 0.6) is 0 Å². The summed E-state index contributed by atoms with van der Waals surface area (Å²) in [6, 6.07) is 2.75. The van der Waals surface area contributed by atoms with Crippen LogP contribution in [0, 0.1) is 19.8 Å². The van der Waals surface area contributed by atoms with Gasteiger partial charge < -0.3 is 9.26 Å². The number of ether oxygens (including phenoxy) is 1. The molecular weight excluding hydrogens is 346 g/mol. The Kier molecular flexibility index (Phi) is 5.58. The lowest BCUT2D eigenvalue weighted by molar-refractivity contribution is 0.0429. The number of carbonyl (C=O) groups excluding carboxylic acids is 1. The molecule has 2 rings (SSSR count). The van der Waals surface area contributed by atoms with Gasteiger partial charge in [0, 0.05) is 6.42 Å². The topological polar surface area (TPSA) is 125 Å². The van der Waals surface area contributed by atoms with Crippen LogP contribution in [0.3, 0.4) is 0 Å². The molecule has 8 nitrogen and oxygen atoms in total. The largest absolute Gasteiger partial charge is 0.452 e. The van der Waals surface area contributed by atoms with Gasteiger partial charge >= 0.3 is 5.97 Å². The molecule has 0 aliphatic rings. The smallest absolute Gasteiger partial charge is 0.338 e. The lowest BCUT2D eigenvalue weighted by atomic mass is 10.1. The molecule has 0 aliphatic heterocycles. The van der Waals surface area contributed by atoms with Crippen LogP contribution in [-0.2, 0) is 27.8 Å². The van der Waals surface area contributed by atoms with E-state index in [4.69, 9.17) is 14.4 Å². The van der Waals surface area contributed by atoms with Crippen molar-refractivity contribution in [3.8, 4) is 0 Å². The summed E-state index contributed by atoms with van der Waals surface area (Å²) in [4.78, 5) is 16.2. The molecule has 0 fully saturated rings. The Hall–Kier alpha value is -2.26. The lowest BCUT2D eigenvalue weighted by Gasteiger charge is -2.10. The highest BCUT2D eigenvalue weighted by atomic mass is 32.2. The van der Waals surface area contributed by atoms with Gasteiger partial charge in [0.05, 0.1) is 10.5 Å². The number of nitrogens with two attached hydrogens (primary N) is 1. The number of aromatic nitrogens is 2. The van der Waals surface area contributed by atoms with E-state index in [2.05, 4.69) is 10.1 Å². The quantitative estimate of drug-likeness (QED) is 0.773. The number of benzene rings is 1. The fourth-order valence-electron chi connectivity index (χ4n) is 2.25. The minimum Gasteiger partial charge on any atom is -0.452 e. The summed E-state index contributed by atoms with van der Waals surface area (Å²) >= 11 is 0. The first-order valence-corrected chi connectivity index (χ1v) is 9.25. The molecule has 136 valence electrons. The molecule has 0 radical (unpaired) electrons. The van der Waals surface area contributed by atoms with E-state index in [-0.39, 0.29) is 23.0 Å². The van der Waals surface area contributed by atoms with Crippen LogP contribution in [0.2, 0.25) is 0 Å². The standard InChI is InChI=1S/C16H21N3O5S/c1-9(2)5-14-18-15(24-19-14)8-23-16(20)12-6-10(3)11(4)13(7-12)25(17,21)22/h6-7,9H,5,8H2,1-4H3,(H2,17,21,22). The van der Waals surface area contributed by atoms with Crippen LogP contribution in [0.15, 0.2) is 21.6 Å². The third kappa shape index (κ3) is 4.86. The van der Waals surface area contributed by atoms with Crippen molar-refractivity contribution in [3.05, 3.63) is 40.5 Å². The number of hydrogen-bond donors (Lipinski definition) is 1. The number of hydrogen-bond acceptors (Lipinski definition) is 7. The molecule has 2 N–H and O–H groups in total. The highest BCUT2D eigenvalue weighted by Crippen LogP contribution is 2.21. The molecule has 0 amide bonds. The molecule has 1 aromatic carbocycles. The summed E-state index contributed by atoms with van der Waals surface area (Å²) in [5, 5.41) is 9.00. The van der Waals surface area contributed by atoms with Gasteiger partial charge in [0.1, 0.15) is 0 Å². The number of aryl methyl sites for hydroxylation is 1. The summed E-state index contributed by atoms with van der Waals surface area (Å²) in [5.74, 6) is 0.403. The van der Waals surface area contributed by atoms with Crippen molar-refractivity contribution in [1.82, 2.24) is 10.1 Å². The molecule has 0 unspecified atom stereocenters. The molecule has 1 aromatic heterocycles. The first-order chi connectivity index (χ1) is 11.6. The molecule has 9 heteroatoms. The van der Waals surface area contributed by atoms with E-state index in [0.717, 1.165) is 0 Å². The van der Waals surface area contributed by atoms with Gasteiger partial charge in [-0.05, 0) is 43.0 Å². The average Bonchev–Trinajstić information content (AvgIpc) is 2.92. The highest BCUT2D eigenvalue weighted by Gasteiger charge is 2.19. The van der Waals surface area contributed by atoms with Crippen molar-refractivity contribution >= 4 is 16.0 Å². The second kappa shape index (κ2) is 7.32. The molecule has 0 saturated heterocycles. The minimum atomic E-state index is -3.94. The first-order valence-electron chi connectivity index (χ1n) is 7.70. The van der Waals surface area contributed by atoms with Gasteiger partial charge in [-0.3, -0.25) is 0 Å². The van der Waals surface area contributed by atoms with Gasteiger partial charge in [-0.15, -0.1) is 0 Å². The second-order valence-corrected chi connectivity index (χ2v) is 7.77. The van der Waals surface area contributed by atoms with E-state index >= 15 is 0 Å². The summed E-state index contributed by atoms with van der Waals surface area (Å²) in [5.41, 5.74) is 1.21. The Bertz CT molecular complexity index is 887. The Labute approximate surface area is 146 Å². The van der Waals surface area contributed by atoms with Crippen molar-refractivity contribution in [2.75, 3.05) is 0 Å². The van der Waals surface area contributed by atoms with Gasteiger partial charge in [-0.25, -0.2) is 18.4 Å². The molecule has 0 spiro atoms. The summed E-state index contributed by atoms with van der Waals surface area (Å²) in [6.07, 6.45) is 0.659. The Balaban J connectivity index is 2.13. The van der Waals surface area contributed by atoms with Crippen molar-refractivity contribution in [1.29, 1.82) is 0 Å². The molecule has 0 atom stereocenters. The normalized spacial score (nSPS) is 11.8. The molecule has 2 aromatic rings. The van der Waals surface area contributed by atoms with Crippen LogP contribution in [0.1, 0.15) is 47.0 Å². The fraction of sp³-hybridized carbons (Fsp3) is 0.438. The number of esters is 1. The third-order valence-corrected chi connectivity index (χ3v) is 4.63. The predicted octanol–water partition coefficient (Wildman–Crippen LogP) is 1.89. The Morgan fingerprint density at radius 3 is 2.60 bits per heavy atom. The van der Waals surface area contributed by atoms with Crippen LogP contribution < -0.4 is 5.14 Å². The van der Waals surface area contributed by atoms with Crippen molar-refractivity contribution in [3.63, 3.8) is 0 Å². The van der Waals surface area contributed by atoms with Crippen LogP contribution >= 0.6 is 0 Å². The Morgan fingerprint density at radius 2 is 2.00 bits per heavy atom. The number of rotatable bonds is 6. The SMILES string of the molecule is Cc1cc(C(=O)OCc2nc(CC(C)C)no2)cc(S(N)(=O)=O)c1C. The van der Waals surface area contributed by atoms with E-state index in [9.17, 15) is 13.2 Å². The molecule has 0 saturated carbocycles. The zero-order valence-corrected chi connectivity index (χ0v) is 15.4. The summed E-state index contributed by atoms with van der Waals surface area (Å²) < 4.78 is 33.4. The molecule has 0 bridgehead atoms. The highest BCUT2D eigenvalue weighted by molar-refractivity contribution is 7.89. The minimum absolute atomic E-state index is 0.0917. The summed E-state index contributed by atoms with van der Waals surface area (Å²) in [6.45, 7) is 7.18. The second-order valence-electron chi connectivity index (χ2n) is 6.24. The molecule has 1 heterocycles. The zero-order chi connectivity index (χ0) is 18.8. The van der Waals surface area contributed by atoms with Crippen molar-refractivity contribution in [2.24, 2.45) is 11.1 Å². The van der Waals surface area contributed by atoms with Gasteiger partial charge in [0.15, 0.2) is 12.4 Å². The van der Waals surface area contributed by atoms with Gasteiger partial charge in [0.25, 0.3) is 5.89 Å². The van der Waals surface area contributed by atoms with Crippen LogP contribution in [0.25, 0.3) is 0 Å².